The lowest BCUT2D eigenvalue weighted by Gasteiger charge is -2.32. The molecule has 13 heavy (non-hydrogen) atoms. The van der Waals surface area contributed by atoms with Crippen molar-refractivity contribution in [1.82, 2.24) is 0 Å². The van der Waals surface area contributed by atoms with Crippen LogP contribution in [0.4, 0.5) is 5.69 Å². The molecule has 1 aliphatic carbocycles. The van der Waals surface area contributed by atoms with E-state index in [9.17, 15) is 0 Å². The predicted molar refractivity (Wildman–Crippen MR) is 55.2 cm³/mol. The molecule has 0 fully saturated rings. The van der Waals surface area contributed by atoms with Gasteiger partial charge in [-0.1, -0.05) is 12.1 Å². The van der Waals surface area contributed by atoms with Crippen molar-refractivity contribution >= 4 is 5.69 Å². The van der Waals surface area contributed by atoms with Gasteiger partial charge in [-0.15, -0.1) is 0 Å². The van der Waals surface area contributed by atoms with Gasteiger partial charge < -0.3 is 5.32 Å². The first-order chi connectivity index (χ1) is 6.45. The fraction of sp³-hybridized carbons (Fsp3) is 0.500. The first kappa shape index (κ1) is 7.43. The number of anilines is 1. The average molecular weight is 173 g/mol. The second kappa shape index (κ2) is 2.76. The summed E-state index contributed by atoms with van der Waals surface area (Å²) in [5, 5.41) is 3.50. The lowest BCUT2D eigenvalue weighted by atomic mass is 9.78. The molecule has 1 atom stereocenters. The van der Waals surface area contributed by atoms with E-state index in [1.54, 1.807) is 11.1 Å². The first-order valence-electron chi connectivity index (χ1n) is 5.31. The van der Waals surface area contributed by atoms with Crippen LogP contribution in [-0.2, 0) is 6.42 Å². The fourth-order valence-electron chi connectivity index (χ4n) is 2.82. The smallest absolute Gasteiger partial charge is 0.0378 e. The Morgan fingerprint density at radius 3 is 3.23 bits per heavy atom. The summed E-state index contributed by atoms with van der Waals surface area (Å²) in [7, 11) is 0. The van der Waals surface area contributed by atoms with Crippen LogP contribution < -0.4 is 5.32 Å². The Balaban J connectivity index is 2.18. The number of nitrogens with one attached hydrogen (secondary N) is 1. The van der Waals surface area contributed by atoms with Gasteiger partial charge in [0.25, 0.3) is 0 Å². The summed E-state index contributed by atoms with van der Waals surface area (Å²) in [6.07, 6.45) is 5.43. The summed E-state index contributed by atoms with van der Waals surface area (Å²) in [5.74, 6) is 0.862. The van der Waals surface area contributed by atoms with Crippen molar-refractivity contribution in [3.8, 4) is 0 Å². The van der Waals surface area contributed by atoms with E-state index in [0.717, 1.165) is 5.92 Å². The second-order valence-corrected chi connectivity index (χ2v) is 4.18. The van der Waals surface area contributed by atoms with Gasteiger partial charge in [0.2, 0.25) is 0 Å². The molecule has 0 bridgehead atoms. The van der Waals surface area contributed by atoms with Gasteiger partial charge >= 0.3 is 0 Å². The highest BCUT2D eigenvalue weighted by Crippen LogP contribution is 2.40. The molecule has 1 aliphatic heterocycles. The summed E-state index contributed by atoms with van der Waals surface area (Å²) < 4.78 is 0. The minimum Gasteiger partial charge on any atom is -0.385 e. The zero-order valence-electron chi connectivity index (χ0n) is 7.84. The van der Waals surface area contributed by atoms with Crippen molar-refractivity contribution in [2.75, 3.05) is 11.9 Å². The Bertz CT molecular complexity index is 302. The molecule has 0 aromatic heterocycles. The van der Waals surface area contributed by atoms with E-state index in [2.05, 4.69) is 23.5 Å². The molecular formula is C12H15N. The molecule has 1 nitrogen and oxygen atoms in total. The number of benzene rings is 1. The molecule has 1 aromatic rings. The van der Waals surface area contributed by atoms with Crippen molar-refractivity contribution in [2.45, 2.75) is 31.6 Å². The third-order valence-electron chi connectivity index (χ3n) is 3.41. The predicted octanol–water partition coefficient (Wildman–Crippen LogP) is 2.92. The molecule has 1 N–H and O–H groups in total. The third-order valence-corrected chi connectivity index (χ3v) is 3.41. The van der Waals surface area contributed by atoms with Crippen LogP contribution in [0.25, 0.3) is 0 Å². The zero-order chi connectivity index (χ0) is 8.67. The summed E-state index contributed by atoms with van der Waals surface area (Å²) in [4.78, 5) is 0. The van der Waals surface area contributed by atoms with Crippen LogP contribution in [0.15, 0.2) is 18.2 Å². The summed E-state index contributed by atoms with van der Waals surface area (Å²) in [6, 6.07) is 6.73. The van der Waals surface area contributed by atoms with Crippen LogP contribution in [0.5, 0.6) is 0 Å². The number of rotatable bonds is 0. The molecule has 2 aliphatic rings. The van der Waals surface area contributed by atoms with E-state index < -0.39 is 0 Å². The van der Waals surface area contributed by atoms with Crippen LogP contribution in [0.1, 0.15) is 36.3 Å². The van der Waals surface area contributed by atoms with Crippen molar-refractivity contribution in [3.05, 3.63) is 29.3 Å². The standard InChI is InChI=1S/C12H15N/c1-3-9-5-2-6-11-12(9)10(4-1)7-8-13-11/h2,5-6,10,13H,1,3-4,7-8H2/t10-/m0/s1. The normalized spacial score (nSPS) is 24.8. The summed E-state index contributed by atoms with van der Waals surface area (Å²) >= 11 is 0. The van der Waals surface area contributed by atoms with Gasteiger partial charge in [0.15, 0.2) is 0 Å². The van der Waals surface area contributed by atoms with Crippen LogP contribution >= 0.6 is 0 Å². The molecule has 0 spiro atoms. The summed E-state index contributed by atoms with van der Waals surface area (Å²) in [5.41, 5.74) is 4.65. The quantitative estimate of drug-likeness (QED) is 0.636. The third kappa shape index (κ3) is 1.06. The lowest BCUT2D eigenvalue weighted by molar-refractivity contribution is 0.520. The minimum absolute atomic E-state index is 0.862. The van der Waals surface area contributed by atoms with Gasteiger partial charge in [-0.3, -0.25) is 0 Å². The number of aryl methyl sites for hydroxylation is 1. The molecule has 1 heteroatoms. The number of hydrogen-bond acceptors (Lipinski definition) is 1. The van der Waals surface area contributed by atoms with Crippen molar-refractivity contribution < 1.29 is 0 Å². The number of hydrogen-bond donors (Lipinski definition) is 1. The summed E-state index contributed by atoms with van der Waals surface area (Å²) in [6.45, 7) is 1.17. The van der Waals surface area contributed by atoms with E-state index in [1.807, 2.05) is 0 Å². The zero-order valence-corrected chi connectivity index (χ0v) is 7.84. The fourth-order valence-corrected chi connectivity index (χ4v) is 2.82. The van der Waals surface area contributed by atoms with Crippen LogP contribution in [0, 0.1) is 0 Å². The molecule has 3 rings (SSSR count). The highest BCUT2D eigenvalue weighted by Gasteiger charge is 2.25. The lowest BCUT2D eigenvalue weighted by Crippen LogP contribution is -2.21. The molecular weight excluding hydrogens is 158 g/mol. The molecule has 0 amide bonds. The second-order valence-electron chi connectivity index (χ2n) is 4.18. The largest absolute Gasteiger partial charge is 0.385 e. The van der Waals surface area contributed by atoms with Crippen molar-refractivity contribution in [3.63, 3.8) is 0 Å². The maximum atomic E-state index is 3.50. The Labute approximate surface area is 79.2 Å². The SMILES string of the molecule is c1cc2c3c(c1)NCC[C@@H]3CCC2. The first-order valence-corrected chi connectivity index (χ1v) is 5.31. The highest BCUT2D eigenvalue weighted by molar-refractivity contribution is 5.59. The van der Waals surface area contributed by atoms with Crippen LogP contribution in [0.2, 0.25) is 0 Å². The Morgan fingerprint density at radius 2 is 2.23 bits per heavy atom. The van der Waals surface area contributed by atoms with Gasteiger partial charge in [0.1, 0.15) is 0 Å². The molecule has 0 unspecified atom stereocenters. The van der Waals surface area contributed by atoms with Crippen molar-refractivity contribution in [2.24, 2.45) is 0 Å². The molecule has 68 valence electrons. The average Bonchev–Trinajstić information content (AvgIpc) is 2.19. The van der Waals surface area contributed by atoms with Gasteiger partial charge in [-0.2, -0.15) is 0 Å². The Kier molecular flexibility index (Phi) is 1.58. The monoisotopic (exact) mass is 173 g/mol. The minimum atomic E-state index is 0.862. The molecule has 1 heterocycles. The maximum Gasteiger partial charge on any atom is 0.0378 e. The van der Waals surface area contributed by atoms with E-state index in [-0.39, 0.29) is 0 Å². The topological polar surface area (TPSA) is 12.0 Å². The van der Waals surface area contributed by atoms with Gasteiger partial charge in [-0.05, 0) is 48.8 Å². The maximum absolute atomic E-state index is 3.50. The van der Waals surface area contributed by atoms with Gasteiger partial charge in [-0.25, -0.2) is 0 Å². The van der Waals surface area contributed by atoms with E-state index in [0.29, 0.717) is 0 Å². The molecule has 0 radical (unpaired) electrons. The van der Waals surface area contributed by atoms with Crippen LogP contribution in [-0.4, -0.2) is 6.54 Å². The van der Waals surface area contributed by atoms with E-state index >= 15 is 0 Å². The molecule has 0 saturated heterocycles. The Hall–Kier alpha value is -0.980. The highest BCUT2D eigenvalue weighted by atomic mass is 14.9. The molecule has 1 aromatic carbocycles. The van der Waals surface area contributed by atoms with Crippen molar-refractivity contribution in [1.29, 1.82) is 0 Å². The Morgan fingerprint density at radius 1 is 1.23 bits per heavy atom. The molecule has 0 saturated carbocycles. The van der Waals surface area contributed by atoms with E-state index in [1.165, 1.54) is 37.9 Å². The van der Waals surface area contributed by atoms with Gasteiger partial charge in [0, 0.05) is 12.2 Å². The van der Waals surface area contributed by atoms with E-state index in [4.69, 9.17) is 0 Å². The van der Waals surface area contributed by atoms with Crippen LogP contribution in [0.3, 0.4) is 0 Å². The van der Waals surface area contributed by atoms with Gasteiger partial charge in [0.05, 0.1) is 0 Å².